The lowest BCUT2D eigenvalue weighted by Gasteiger charge is -2.36. The van der Waals surface area contributed by atoms with Gasteiger partial charge in [0.1, 0.15) is 18.1 Å². The Hall–Kier alpha value is -2.82. The average molecular weight is 528 g/mol. The monoisotopic (exact) mass is 527 g/mol. The number of hydrogen-bond acceptors (Lipinski definition) is 8. The molecule has 2 bridgehead atoms. The Morgan fingerprint density at radius 2 is 1.81 bits per heavy atom. The number of carbonyl (C=O) groups excluding carboxylic acids is 3. The zero-order valence-corrected chi connectivity index (χ0v) is 21.6. The van der Waals surface area contributed by atoms with E-state index in [0.717, 1.165) is 19.3 Å². The third kappa shape index (κ3) is 3.64. The van der Waals surface area contributed by atoms with Gasteiger partial charge in [0.2, 0.25) is 0 Å². The highest BCUT2D eigenvalue weighted by Crippen LogP contribution is 2.64. The molecular formula is C27H29NO8S. The van der Waals surface area contributed by atoms with E-state index < -0.39 is 38.5 Å². The molecule has 2 amide bonds. The number of rotatable bonds is 7. The van der Waals surface area contributed by atoms with Crippen LogP contribution in [0.4, 0.5) is 0 Å². The fourth-order valence-electron chi connectivity index (χ4n) is 6.75. The van der Waals surface area contributed by atoms with E-state index in [0.29, 0.717) is 47.6 Å². The van der Waals surface area contributed by atoms with E-state index in [4.69, 9.17) is 13.8 Å². The summed E-state index contributed by atoms with van der Waals surface area (Å²) in [6.45, 7) is 4.88. The molecule has 4 aliphatic rings. The van der Waals surface area contributed by atoms with E-state index in [1.165, 1.54) is 12.1 Å². The molecule has 3 fully saturated rings. The van der Waals surface area contributed by atoms with Gasteiger partial charge < -0.3 is 9.47 Å². The Morgan fingerprint density at radius 1 is 1.05 bits per heavy atom. The van der Waals surface area contributed by atoms with Crippen LogP contribution in [0, 0.1) is 16.7 Å². The highest BCUT2D eigenvalue weighted by molar-refractivity contribution is 7.86. The molecule has 2 saturated carbocycles. The molecule has 2 heterocycles. The molecule has 3 atom stereocenters. The standard InChI is InChI=1S/C27H29NO8S/c1-26(2)16-10-11-27(26,22(29)13-16)15-37(32,33)36-28-24(30)19-7-3-6-18-21(35-14-17-5-4-12-34-17)9-8-20(23(18)19)25(28)31/h3,6-9,16-17H,4-5,10-15H2,1-2H3. The van der Waals surface area contributed by atoms with Crippen molar-refractivity contribution in [3.05, 3.63) is 41.5 Å². The van der Waals surface area contributed by atoms with Gasteiger partial charge in [-0.2, -0.15) is 8.42 Å². The van der Waals surface area contributed by atoms with Crippen LogP contribution in [0.2, 0.25) is 0 Å². The number of fused-ring (bicyclic) bond motifs is 2. The summed E-state index contributed by atoms with van der Waals surface area (Å²) in [6, 6.07) is 8.08. The van der Waals surface area contributed by atoms with Crippen LogP contribution in [0.25, 0.3) is 10.8 Å². The number of hydrogen-bond donors (Lipinski definition) is 0. The average Bonchev–Trinajstić information content (AvgIpc) is 3.50. The van der Waals surface area contributed by atoms with Crippen LogP contribution in [0.3, 0.4) is 0 Å². The van der Waals surface area contributed by atoms with Crippen molar-refractivity contribution in [1.29, 1.82) is 0 Å². The van der Waals surface area contributed by atoms with Gasteiger partial charge in [-0.3, -0.25) is 14.4 Å². The first-order chi connectivity index (χ1) is 17.5. The third-order valence-corrected chi connectivity index (χ3v) is 10.3. The largest absolute Gasteiger partial charge is 0.490 e. The van der Waals surface area contributed by atoms with E-state index in [1.54, 1.807) is 18.2 Å². The second-order valence-corrected chi connectivity index (χ2v) is 12.7. The first kappa shape index (κ1) is 24.5. The molecule has 0 N–H and O–H groups in total. The van der Waals surface area contributed by atoms with Gasteiger partial charge in [0.05, 0.1) is 28.4 Å². The van der Waals surface area contributed by atoms with E-state index >= 15 is 0 Å². The van der Waals surface area contributed by atoms with E-state index in [2.05, 4.69) is 0 Å². The summed E-state index contributed by atoms with van der Waals surface area (Å²) in [5, 5.41) is 1.28. The van der Waals surface area contributed by atoms with Crippen LogP contribution < -0.4 is 4.74 Å². The van der Waals surface area contributed by atoms with Gasteiger partial charge in [-0.25, -0.2) is 0 Å². The number of ketones is 1. The Bertz CT molecular complexity index is 1420. The molecule has 0 radical (unpaired) electrons. The van der Waals surface area contributed by atoms with Gasteiger partial charge in [0, 0.05) is 23.8 Å². The molecule has 1 saturated heterocycles. The summed E-state index contributed by atoms with van der Waals surface area (Å²) in [5.41, 5.74) is -1.30. The quantitative estimate of drug-likeness (QED) is 0.501. The molecule has 2 aliphatic carbocycles. The summed E-state index contributed by atoms with van der Waals surface area (Å²) < 4.78 is 43.2. The molecule has 9 nitrogen and oxygen atoms in total. The van der Waals surface area contributed by atoms with Crippen molar-refractivity contribution in [2.45, 2.75) is 52.1 Å². The molecule has 3 unspecified atom stereocenters. The van der Waals surface area contributed by atoms with Gasteiger partial charge in [0.15, 0.2) is 0 Å². The van der Waals surface area contributed by atoms with Crippen molar-refractivity contribution in [2.75, 3.05) is 19.0 Å². The number of nitrogens with zero attached hydrogens (tertiary/aromatic N) is 1. The number of ether oxygens (including phenoxy) is 2. The second kappa shape index (κ2) is 8.34. The third-order valence-electron chi connectivity index (χ3n) is 9.03. The number of carbonyl (C=O) groups is 3. The van der Waals surface area contributed by atoms with Gasteiger partial charge in [-0.05, 0) is 55.2 Å². The van der Waals surface area contributed by atoms with Crippen LogP contribution in [0.1, 0.15) is 66.7 Å². The minimum Gasteiger partial charge on any atom is -0.490 e. The lowest BCUT2D eigenvalue weighted by Crippen LogP contribution is -2.46. The number of hydroxylamine groups is 2. The Morgan fingerprint density at radius 3 is 2.46 bits per heavy atom. The second-order valence-electron chi connectivity index (χ2n) is 11.1. The summed E-state index contributed by atoms with van der Waals surface area (Å²) in [4.78, 5) is 39.5. The highest BCUT2D eigenvalue weighted by Gasteiger charge is 2.65. The maximum absolute atomic E-state index is 13.3. The van der Waals surface area contributed by atoms with Crippen molar-refractivity contribution in [1.82, 2.24) is 5.06 Å². The molecule has 2 aromatic rings. The topological polar surface area (TPSA) is 116 Å². The number of benzene rings is 2. The molecule has 2 aromatic carbocycles. The fourth-order valence-corrected chi connectivity index (χ4v) is 8.45. The zero-order valence-electron chi connectivity index (χ0n) is 20.8. The van der Waals surface area contributed by atoms with Gasteiger partial charge in [-0.15, -0.1) is 9.35 Å². The summed E-state index contributed by atoms with van der Waals surface area (Å²) in [7, 11) is -4.45. The molecule has 37 heavy (non-hydrogen) atoms. The van der Waals surface area contributed by atoms with Crippen LogP contribution in [0.5, 0.6) is 5.75 Å². The molecule has 0 spiro atoms. The zero-order chi connectivity index (χ0) is 26.2. The molecular weight excluding hydrogens is 498 g/mol. The van der Waals surface area contributed by atoms with Crippen molar-refractivity contribution >= 4 is 38.5 Å². The molecule has 2 aliphatic heterocycles. The normalized spacial score (nSPS) is 28.5. The van der Waals surface area contributed by atoms with Crippen molar-refractivity contribution in [3.63, 3.8) is 0 Å². The van der Waals surface area contributed by atoms with Crippen molar-refractivity contribution in [2.24, 2.45) is 16.7 Å². The van der Waals surface area contributed by atoms with Gasteiger partial charge in [-0.1, -0.05) is 26.0 Å². The molecule has 196 valence electrons. The SMILES string of the molecule is CC1(C)C2CCC1(CS(=O)(=O)ON1C(=O)c3cccc4c(OCC5CCCO5)ccc(c34)C1=O)C(=O)C2. The summed E-state index contributed by atoms with van der Waals surface area (Å²) in [5.74, 6) is -1.77. The van der Waals surface area contributed by atoms with Crippen LogP contribution in [-0.4, -0.2) is 56.1 Å². The predicted octanol–water partition coefficient (Wildman–Crippen LogP) is 3.65. The first-order valence-corrected chi connectivity index (χ1v) is 14.3. The lowest BCUT2D eigenvalue weighted by molar-refractivity contribution is -0.128. The van der Waals surface area contributed by atoms with Gasteiger partial charge >= 0.3 is 0 Å². The Balaban J connectivity index is 1.29. The van der Waals surface area contributed by atoms with E-state index in [-0.39, 0.29) is 28.9 Å². The number of imide groups is 1. The molecule has 0 aromatic heterocycles. The number of Topliss-reactive ketones (excluding diaryl/α,β-unsaturated/α-hetero) is 1. The van der Waals surface area contributed by atoms with E-state index in [1.807, 2.05) is 13.8 Å². The predicted molar refractivity (Wildman–Crippen MR) is 132 cm³/mol. The summed E-state index contributed by atoms with van der Waals surface area (Å²) >= 11 is 0. The van der Waals surface area contributed by atoms with Crippen LogP contribution >= 0.6 is 0 Å². The Kier molecular flexibility index (Phi) is 5.53. The maximum Gasteiger partial charge on any atom is 0.289 e. The summed E-state index contributed by atoms with van der Waals surface area (Å²) in [6.07, 6.45) is 3.44. The maximum atomic E-state index is 13.3. The highest BCUT2D eigenvalue weighted by atomic mass is 32.2. The smallest absolute Gasteiger partial charge is 0.289 e. The lowest BCUT2D eigenvalue weighted by atomic mass is 9.70. The minimum atomic E-state index is -4.45. The van der Waals surface area contributed by atoms with Gasteiger partial charge in [0.25, 0.3) is 21.9 Å². The minimum absolute atomic E-state index is 0.00508. The van der Waals surface area contributed by atoms with Crippen molar-refractivity contribution < 1.29 is 36.6 Å². The van der Waals surface area contributed by atoms with Crippen molar-refractivity contribution in [3.8, 4) is 5.75 Å². The van der Waals surface area contributed by atoms with Crippen LogP contribution in [-0.2, 0) is 23.9 Å². The van der Waals surface area contributed by atoms with E-state index in [9.17, 15) is 22.8 Å². The molecule has 10 heteroatoms. The fraction of sp³-hybridized carbons (Fsp3) is 0.519. The number of amides is 2. The first-order valence-electron chi connectivity index (χ1n) is 12.7. The van der Waals surface area contributed by atoms with Crippen LogP contribution in [0.15, 0.2) is 30.3 Å². The Labute approximate surface area is 215 Å². The molecule has 6 rings (SSSR count).